The van der Waals surface area contributed by atoms with Crippen LogP contribution in [-0.2, 0) is 11.2 Å². The van der Waals surface area contributed by atoms with Gasteiger partial charge in [-0.1, -0.05) is 33.6 Å². The van der Waals surface area contributed by atoms with Crippen LogP contribution >= 0.6 is 27.7 Å². The molecule has 0 aliphatic carbocycles. The minimum absolute atomic E-state index is 0.182. The summed E-state index contributed by atoms with van der Waals surface area (Å²) in [5, 5.41) is 0. The van der Waals surface area contributed by atoms with Gasteiger partial charge in [0.05, 0.1) is 5.75 Å². The van der Waals surface area contributed by atoms with Crippen LogP contribution in [0.3, 0.4) is 0 Å². The summed E-state index contributed by atoms with van der Waals surface area (Å²) in [6, 6.07) is 14.4. The number of anilines is 1. The van der Waals surface area contributed by atoms with Gasteiger partial charge in [0, 0.05) is 21.6 Å². The van der Waals surface area contributed by atoms with Crippen molar-refractivity contribution in [2.24, 2.45) is 0 Å². The molecule has 21 heavy (non-hydrogen) atoms. The lowest BCUT2D eigenvalue weighted by Crippen LogP contribution is -2.30. The third-order valence-electron chi connectivity index (χ3n) is 3.62. The van der Waals surface area contributed by atoms with Crippen molar-refractivity contribution in [2.75, 3.05) is 17.2 Å². The summed E-state index contributed by atoms with van der Waals surface area (Å²) < 4.78 is 1.07. The van der Waals surface area contributed by atoms with E-state index in [0.717, 1.165) is 28.0 Å². The van der Waals surface area contributed by atoms with Crippen LogP contribution in [0.25, 0.3) is 0 Å². The van der Waals surface area contributed by atoms with Gasteiger partial charge in [0.1, 0.15) is 0 Å². The zero-order valence-corrected chi connectivity index (χ0v) is 14.2. The number of rotatable bonds is 3. The molecule has 0 N–H and O–H groups in total. The fourth-order valence-corrected chi connectivity index (χ4v) is 3.67. The number of thioether (sulfide) groups is 1. The van der Waals surface area contributed by atoms with Crippen LogP contribution in [0.4, 0.5) is 5.69 Å². The number of benzene rings is 2. The maximum absolute atomic E-state index is 12.4. The third-order valence-corrected chi connectivity index (χ3v) is 5.11. The Morgan fingerprint density at radius 3 is 2.76 bits per heavy atom. The van der Waals surface area contributed by atoms with Crippen LogP contribution < -0.4 is 4.90 Å². The second-order valence-corrected chi connectivity index (χ2v) is 7.13. The monoisotopic (exact) mass is 361 g/mol. The molecule has 108 valence electrons. The second kappa shape index (κ2) is 6.24. The summed E-state index contributed by atoms with van der Waals surface area (Å²) in [4.78, 5) is 15.5. The molecule has 1 heterocycles. The highest BCUT2D eigenvalue weighted by Gasteiger charge is 2.24. The van der Waals surface area contributed by atoms with E-state index in [0.29, 0.717) is 5.75 Å². The summed E-state index contributed by atoms with van der Waals surface area (Å²) in [5.41, 5.74) is 3.55. The number of hydrogen-bond donors (Lipinski definition) is 0. The van der Waals surface area contributed by atoms with Crippen molar-refractivity contribution in [3.63, 3.8) is 0 Å². The normalized spacial score (nSPS) is 13.3. The number of aryl methyl sites for hydroxylation is 1. The lowest BCUT2D eigenvalue weighted by molar-refractivity contribution is -0.116. The van der Waals surface area contributed by atoms with Crippen LogP contribution in [0, 0.1) is 6.92 Å². The van der Waals surface area contributed by atoms with E-state index in [2.05, 4.69) is 53.2 Å². The molecule has 0 saturated carbocycles. The summed E-state index contributed by atoms with van der Waals surface area (Å²) in [6.07, 6.45) is 0.940. The predicted octanol–water partition coefficient (Wildman–Crippen LogP) is 4.44. The van der Waals surface area contributed by atoms with Crippen molar-refractivity contribution < 1.29 is 4.79 Å². The molecule has 2 aromatic rings. The Balaban J connectivity index is 1.66. The number of carbonyl (C=O) groups excluding carboxylic acids is 1. The van der Waals surface area contributed by atoms with E-state index in [-0.39, 0.29) is 5.91 Å². The molecule has 0 atom stereocenters. The first-order chi connectivity index (χ1) is 10.1. The molecule has 3 rings (SSSR count). The fraction of sp³-hybridized carbons (Fsp3) is 0.235. The summed E-state index contributed by atoms with van der Waals surface area (Å²) in [5.74, 6) is 0.667. The molecule has 0 spiro atoms. The lowest BCUT2D eigenvalue weighted by atomic mass is 10.2. The fourth-order valence-electron chi connectivity index (χ4n) is 2.49. The SMILES string of the molecule is Cc1ccc(SCC(=O)N2CCc3cc(Br)ccc32)cc1. The smallest absolute Gasteiger partial charge is 0.237 e. The van der Waals surface area contributed by atoms with Crippen molar-refractivity contribution in [2.45, 2.75) is 18.2 Å². The van der Waals surface area contributed by atoms with Gasteiger partial charge in [-0.15, -0.1) is 11.8 Å². The Labute approximate surface area is 137 Å². The van der Waals surface area contributed by atoms with E-state index in [1.165, 1.54) is 11.1 Å². The van der Waals surface area contributed by atoms with Gasteiger partial charge >= 0.3 is 0 Å². The van der Waals surface area contributed by atoms with E-state index in [1.807, 2.05) is 17.0 Å². The summed E-state index contributed by atoms with van der Waals surface area (Å²) in [7, 11) is 0. The highest BCUT2D eigenvalue weighted by Crippen LogP contribution is 2.31. The van der Waals surface area contributed by atoms with Crippen LogP contribution in [-0.4, -0.2) is 18.2 Å². The van der Waals surface area contributed by atoms with E-state index < -0.39 is 0 Å². The van der Waals surface area contributed by atoms with Gasteiger partial charge in [0.2, 0.25) is 5.91 Å². The van der Waals surface area contributed by atoms with Gasteiger partial charge in [0.25, 0.3) is 0 Å². The minimum atomic E-state index is 0.182. The number of nitrogens with zero attached hydrogens (tertiary/aromatic N) is 1. The van der Waals surface area contributed by atoms with Gasteiger partial charge in [0.15, 0.2) is 0 Å². The van der Waals surface area contributed by atoms with Crippen molar-refractivity contribution >= 4 is 39.3 Å². The highest BCUT2D eigenvalue weighted by molar-refractivity contribution is 9.10. The Bertz CT molecular complexity index is 669. The Hall–Kier alpha value is -1.26. The van der Waals surface area contributed by atoms with Crippen LogP contribution in [0.15, 0.2) is 51.8 Å². The van der Waals surface area contributed by atoms with Crippen LogP contribution in [0.2, 0.25) is 0 Å². The van der Waals surface area contributed by atoms with Gasteiger partial charge < -0.3 is 4.90 Å². The van der Waals surface area contributed by atoms with Crippen LogP contribution in [0.1, 0.15) is 11.1 Å². The molecule has 1 aliphatic heterocycles. The summed E-state index contributed by atoms with van der Waals surface area (Å²) >= 11 is 5.08. The van der Waals surface area contributed by atoms with Crippen molar-refractivity contribution in [3.05, 3.63) is 58.1 Å². The van der Waals surface area contributed by atoms with Crippen molar-refractivity contribution in [1.82, 2.24) is 0 Å². The van der Waals surface area contributed by atoms with E-state index in [4.69, 9.17) is 0 Å². The van der Waals surface area contributed by atoms with Gasteiger partial charge in [-0.2, -0.15) is 0 Å². The molecule has 0 saturated heterocycles. The molecule has 2 nitrogen and oxygen atoms in total. The molecule has 0 fully saturated rings. The maximum atomic E-state index is 12.4. The first-order valence-electron chi connectivity index (χ1n) is 6.92. The van der Waals surface area contributed by atoms with Crippen LogP contribution in [0.5, 0.6) is 0 Å². The zero-order valence-electron chi connectivity index (χ0n) is 11.8. The maximum Gasteiger partial charge on any atom is 0.237 e. The molecule has 1 aliphatic rings. The minimum Gasteiger partial charge on any atom is -0.311 e. The number of hydrogen-bond acceptors (Lipinski definition) is 2. The topological polar surface area (TPSA) is 20.3 Å². The molecule has 0 radical (unpaired) electrons. The van der Waals surface area contributed by atoms with E-state index >= 15 is 0 Å². The Morgan fingerprint density at radius 2 is 2.00 bits per heavy atom. The molecular formula is C17H16BrNOS. The second-order valence-electron chi connectivity index (χ2n) is 5.17. The standard InChI is InChI=1S/C17H16BrNOS/c1-12-2-5-15(6-3-12)21-11-17(20)19-9-8-13-10-14(18)4-7-16(13)19/h2-7,10H,8-9,11H2,1H3. The quantitative estimate of drug-likeness (QED) is 0.753. The molecule has 4 heteroatoms. The first-order valence-corrected chi connectivity index (χ1v) is 8.69. The Kier molecular flexibility index (Phi) is 4.36. The van der Waals surface area contributed by atoms with E-state index in [1.54, 1.807) is 11.8 Å². The number of fused-ring (bicyclic) bond motifs is 1. The molecule has 0 aromatic heterocycles. The van der Waals surface area contributed by atoms with Gasteiger partial charge in [-0.25, -0.2) is 0 Å². The first kappa shape index (κ1) is 14.7. The molecule has 1 amide bonds. The predicted molar refractivity (Wildman–Crippen MR) is 92.1 cm³/mol. The lowest BCUT2D eigenvalue weighted by Gasteiger charge is -2.17. The average Bonchev–Trinajstić information content (AvgIpc) is 2.89. The highest BCUT2D eigenvalue weighted by atomic mass is 79.9. The number of halogens is 1. The van der Waals surface area contributed by atoms with Gasteiger partial charge in [-0.3, -0.25) is 4.79 Å². The average molecular weight is 362 g/mol. The van der Waals surface area contributed by atoms with Gasteiger partial charge in [-0.05, 0) is 49.2 Å². The van der Waals surface area contributed by atoms with Crippen molar-refractivity contribution in [1.29, 1.82) is 0 Å². The largest absolute Gasteiger partial charge is 0.311 e. The van der Waals surface area contributed by atoms with Crippen molar-refractivity contribution in [3.8, 4) is 0 Å². The molecule has 0 bridgehead atoms. The number of amides is 1. The zero-order chi connectivity index (χ0) is 14.8. The Morgan fingerprint density at radius 1 is 1.24 bits per heavy atom. The third kappa shape index (κ3) is 3.33. The molecule has 0 unspecified atom stereocenters. The molecular weight excluding hydrogens is 346 g/mol. The summed E-state index contributed by atoms with van der Waals surface area (Å²) in [6.45, 7) is 2.86. The molecule has 2 aromatic carbocycles. The number of carbonyl (C=O) groups is 1. The van der Waals surface area contributed by atoms with E-state index in [9.17, 15) is 4.79 Å².